The Morgan fingerprint density at radius 3 is 2.43 bits per heavy atom. The number of carbonyl (C=O) groups is 3. The van der Waals surface area contributed by atoms with Crippen LogP contribution in [0.4, 0.5) is 5.00 Å². The van der Waals surface area contributed by atoms with Crippen molar-refractivity contribution in [1.82, 2.24) is 0 Å². The highest BCUT2D eigenvalue weighted by Crippen LogP contribution is 2.35. The maximum Gasteiger partial charge on any atom is 0.303 e. The Kier molecular flexibility index (Phi) is 5.48. The van der Waals surface area contributed by atoms with Gasteiger partial charge in [-0.15, -0.1) is 11.3 Å². The zero-order valence-electron chi connectivity index (χ0n) is 12.2. The fraction of sp³-hybridized carbons (Fsp3) is 0.188. The minimum Gasteiger partial charge on any atom is -0.481 e. The van der Waals surface area contributed by atoms with Crippen molar-refractivity contribution in [2.24, 2.45) is 5.73 Å². The molecule has 4 N–H and O–H groups in total. The van der Waals surface area contributed by atoms with Crippen molar-refractivity contribution in [2.75, 3.05) is 5.32 Å². The molecule has 2 rings (SSSR count). The summed E-state index contributed by atoms with van der Waals surface area (Å²) in [5.41, 5.74) is 6.53. The average molecular weight is 332 g/mol. The molecule has 2 aromatic rings. The smallest absolute Gasteiger partial charge is 0.303 e. The van der Waals surface area contributed by atoms with Gasteiger partial charge in [-0.25, -0.2) is 0 Å². The predicted molar refractivity (Wildman–Crippen MR) is 88.4 cm³/mol. The van der Waals surface area contributed by atoms with Crippen molar-refractivity contribution in [3.05, 3.63) is 42.0 Å². The Morgan fingerprint density at radius 2 is 1.83 bits per heavy atom. The van der Waals surface area contributed by atoms with E-state index in [9.17, 15) is 14.4 Å². The standard InChI is InChI=1S/C16H16N2O4S/c17-15(22)11-9-12(10-5-2-1-3-6-10)23-16(11)18-13(19)7-4-8-14(20)21/h1-3,5-6,9H,4,7-8H2,(H2,17,22)(H,18,19)(H,20,21). The first-order chi connectivity index (χ1) is 11.0. The minimum atomic E-state index is -0.946. The van der Waals surface area contributed by atoms with E-state index < -0.39 is 11.9 Å². The molecule has 0 spiro atoms. The lowest BCUT2D eigenvalue weighted by atomic mass is 10.1. The van der Waals surface area contributed by atoms with Crippen LogP contribution in [0.2, 0.25) is 0 Å². The third kappa shape index (κ3) is 4.65. The van der Waals surface area contributed by atoms with Crippen molar-refractivity contribution >= 4 is 34.1 Å². The fourth-order valence-corrected chi connectivity index (χ4v) is 3.09. The molecule has 0 bridgehead atoms. The molecule has 0 saturated heterocycles. The van der Waals surface area contributed by atoms with E-state index in [4.69, 9.17) is 10.8 Å². The minimum absolute atomic E-state index is 0.0725. The van der Waals surface area contributed by atoms with Crippen LogP contribution in [0.5, 0.6) is 0 Å². The molecule has 0 aliphatic rings. The zero-order chi connectivity index (χ0) is 16.8. The van der Waals surface area contributed by atoms with Crippen LogP contribution in [0.15, 0.2) is 36.4 Å². The van der Waals surface area contributed by atoms with E-state index in [0.717, 1.165) is 10.4 Å². The number of anilines is 1. The van der Waals surface area contributed by atoms with Crippen molar-refractivity contribution in [2.45, 2.75) is 19.3 Å². The molecule has 23 heavy (non-hydrogen) atoms. The van der Waals surface area contributed by atoms with E-state index in [1.54, 1.807) is 6.07 Å². The summed E-state index contributed by atoms with van der Waals surface area (Å²) in [6.07, 6.45) is 0.239. The van der Waals surface area contributed by atoms with Crippen molar-refractivity contribution < 1.29 is 19.5 Å². The van der Waals surface area contributed by atoms with Crippen LogP contribution in [0.1, 0.15) is 29.6 Å². The number of aliphatic carboxylic acids is 1. The Morgan fingerprint density at radius 1 is 1.13 bits per heavy atom. The lowest BCUT2D eigenvalue weighted by Gasteiger charge is -2.03. The van der Waals surface area contributed by atoms with E-state index in [0.29, 0.717) is 5.00 Å². The average Bonchev–Trinajstić information content (AvgIpc) is 2.92. The molecule has 6 nitrogen and oxygen atoms in total. The number of nitrogens with two attached hydrogens (primary N) is 1. The number of rotatable bonds is 7. The monoisotopic (exact) mass is 332 g/mol. The van der Waals surface area contributed by atoms with Crippen LogP contribution in [-0.2, 0) is 9.59 Å². The number of benzene rings is 1. The summed E-state index contributed by atoms with van der Waals surface area (Å²) >= 11 is 1.26. The molecule has 0 atom stereocenters. The van der Waals surface area contributed by atoms with E-state index in [1.165, 1.54) is 11.3 Å². The number of nitrogens with one attached hydrogen (secondary N) is 1. The SMILES string of the molecule is NC(=O)c1cc(-c2ccccc2)sc1NC(=O)CCCC(=O)O. The molecule has 0 fully saturated rings. The van der Waals surface area contributed by atoms with Crippen LogP contribution < -0.4 is 11.1 Å². The van der Waals surface area contributed by atoms with E-state index in [1.807, 2.05) is 30.3 Å². The van der Waals surface area contributed by atoms with Crippen molar-refractivity contribution in [3.8, 4) is 10.4 Å². The molecular weight excluding hydrogens is 316 g/mol. The molecule has 120 valence electrons. The maximum absolute atomic E-state index is 11.9. The van der Waals surface area contributed by atoms with Gasteiger partial charge in [0, 0.05) is 17.7 Å². The number of primary amides is 1. The van der Waals surface area contributed by atoms with Gasteiger partial charge in [-0.1, -0.05) is 30.3 Å². The summed E-state index contributed by atoms with van der Waals surface area (Å²) in [7, 11) is 0. The zero-order valence-corrected chi connectivity index (χ0v) is 13.1. The molecule has 0 aliphatic carbocycles. The molecule has 7 heteroatoms. The van der Waals surface area contributed by atoms with Gasteiger partial charge in [-0.05, 0) is 18.1 Å². The van der Waals surface area contributed by atoms with Gasteiger partial charge in [0.05, 0.1) is 5.56 Å². The number of carbonyl (C=O) groups excluding carboxylic acids is 2. The Labute approximate surface area is 136 Å². The number of carboxylic acids is 1. The molecule has 0 radical (unpaired) electrons. The first-order valence-electron chi connectivity index (χ1n) is 6.98. The van der Waals surface area contributed by atoms with Gasteiger partial charge in [0.1, 0.15) is 5.00 Å². The van der Waals surface area contributed by atoms with Crippen LogP contribution in [0.25, 0.3) is 10.4 Å². The molecule has 1 aromatic heterocycles. The van der Waals surface area contributed by atoms with Gasteiger partial charge in [-0.3, -0.25) is 14.4 Å². The lowest BCUT2D eigenvalue weighted by molar-refractivity contribution is -0.137. The fourth-order valence-electron chi connectivity index (χ4n) is 2.00. The Hall–Kier alpha value is -2.67. The van der Waals surface area contributed by atoms with Crippen LogP contribution >= 0.6 is 11.3 Å². The van der Waals surface area contributed by atoms with Crippen LogP contribution in [0, 0.1) is 0 Å². The van der Waals surface area contributed by atoms with Gasteiger partial charge >= 0.3 is 5.97 Å². The van der Waals surface area contributed by atoms with Gasteiger partial charge < -0.3 is 16.2 Å². The number of hydrogen-bond donors (Lipinski definition) is 3. The number of carboxylic acid groups (broad SMARTS) is 1. The summed E-state index contributed by atoms with van der Waals surface area (Å²) < 4.78 is 0. The second-order valence-electron chi connectivity index (χ2n) is 4.88. The number of amides is 2. The Balaban J connectivity index is 2.14. The topological polar surface area (TPSA) is 109 Å². The number of hydrogen-bond acceptors (Lipinski definition) is 4. The highest BCUT2D eigenvalue weighted by molar-refractivity contribution is 7.20. The largest absolute Gasteiger partial charge is 0.481 e. The third-order valence-corrected chi connectivity index (χ3v) is 4.20. The highest BCUT2D eigenvalue weighted by Gasteiger charge is 2.16. The predicted octanol–water partition coefficient (Wildman–Crippen LogP) is 2.71. The Bertz CT molecular complexity index is 725. The summed E-state index contributed by atoms with van der Waals surface area (Å²) in [5, 5.41) is 11.6. The first-order valence-corrected chi connectivity index (χ1v) is 7.79. The quantitative estimate of drug-likeness (QED) is 0.724. The summed E-state index contributed by atoms with van der Waals surface area (Å²) in [6.45, 7) is 0. The summed E-state index contributed by atoms with van der Waals surface area (Å²) in [4.78, 5) is 34.7. The molecule has 2 amide bonds. The first kappa shape index (κ1) is 16.7. The second kappa shape index (κ2) is 7.55. The second-order valence-corrected chi connectivity index (χ2v) is 5.93. The van der Waals surface area contributed by atoms with E-state index >= 15 is 0 Å². The molecule has 0 aliphatic heterocycles. The van der Waals surface area contributed by atoms with Gasteiger partial charge in [-0.2, -0.15) is 0 Å². The lowest BCUT2D eigenvalue weighted by Crippen LogP contribution is -2.16. The maximum atomic E-state index is 11.9. The molecule has 1 aromatic carbocycles. The van der Waals surface area contributed by atoms with Gasteiger partial charge in [0.15, 0.2) is 0 Å². The molecular formula is C16H16N2O4S. The third-order valence-electron chi connectivity index (χ3n) is 3.10. The molecule has 1 heterocycles. The normalized spacial score (nSPS) is 10.3. The van der Waals surface area contributed by atoms with Crippen molar-refractivity contribution in [1.29, 1.82) is 0 Å². The van der Waals surface area contributed by atoms with Crippen LogP contribution in [0.3, 0.4) is 0 Å². The van der Waals surface area contributed by atoms with E-state index in [2.05, 4.69) is 5.32 Å². The summed E-state index contributed by atoms with van der Waals surface area (Å²) in [6, 6.07) is 11.1. The van der Waals surface area contributed by atoms with Crippen molar-refractivity contribution in [3.63, 3.8) is 0 Å². The highest BCUT2D eigenvalue weighted by atomic mass is 32.1. The van der Waals surface area contributed by atoms with Gasteiger partial charge in [0.25, 0.3) is 5.91 Å². The molecule has 0 saturated carbocycles. The molecule has 0 unspecified atom stereocenters. The van der Waals surface area contributed by atoms with Crippen LogP contribution in [-0.4, -0.2) is 22.9 Å². The van der Waals surface area contributed by atoms with Gasteiger partial charge in [0.2, 0.25) is 5.91 Å². The van der Waals surface area contributed by atoms with E-state index in [-0.39, 0.29) is 30.7 Å². The number of thiophene rings is 1. The summed E-state index contributed by atoms with van der Waals surface area (Å²) in [5.74, 6) is -1.91.